The van der Waals surface area contributed by atoms with Gasteiger partial charge in [0.25, 0.3) is 0 Å². The maximum absolute atomic E-state index is 6.06. The predicted molar refractivity (Wildman–Crippen MR) is 77.3 cm³/mol. The minimum absolute atomic E-state index is 0.516. The van der Waals surface area contributed by atoms with Crippen LogP contribution in [0.3, 0.4) is 0 Å². The molecular weight excluding hydrogens is 244 g/mol. The maximum Gasteiger partial charge on any atom is 0.133 e. The fourth-order valence-electron chi connectivity index (χ4n) is 2.35. The summed E-state index contributed by atoms with van der Waals surface area (Å²) >= 11 is 6.06. The Morgan fingerprint density at radius 1 is 1.33 bits per heavy atom. The molecular formula is C15H17ClN2. The quantitative estimate of drug-likeness (QED) is 0.777. The highest BCUT2D eigenvalue weighted by atomic mass is 35.5. The van der Waals surface area contributed by atoms with Crippen LogP contribution in [0.15, 0.2) is 30.3 Å². The van der Waals surface area contributed by atoms with E-state index in [2.05, 4.69) is 30.1 Å². The molecule has 0 aliphatic heterocycles. The lowest BCUT2D eigenvalue weighted by Gasteiger charge is -2.21. The van der Waals surface area contributed by atoms with E-state index in [4.69, 9.17) is 16.6 Å². The molecule has 1 heterocycles. The van der Waals surface area contributed by atoms with Crippen molar-refractivity contribution in [3.8, 4) is 0 Å². The number of alkyl halides is 1. The molecule has 0 spiro atoms. The summed E-state index contributed by atoms with van der Waals surface area (Å²) in [4.78, 5) is 7.02. The van der Waals surface area contributed by atoms with E-state index in [1.807, 2.05) is 12.1 Å². The topological polar surface area (TPSA) is 16.1 Å². The zero-order chi connectivity index (χ0) is 12.5. The number of halogens is 1. The van der Waals surface area contributed by atoms with Crippen molar-refractivity contribution in [3.05, 3.63) is 35.9 Å². The first kappa shape index (κ1) is 11.8. The van der Waals surface area contributed by atoms with Crippen molar-refractivity contribution in [1.82, 2.24) is 4.98 Å². The van der Waals surface area contributed by atoms with E-state index in [1.165, 1.54) is 12.8 Å². The van der Waals surface area contributed by atoms with Crippen LogP contribution in [0.4, 0.5) is 5.82 Å². The Labute approximate surface area is 113 Å². The SMILES string of the molecule is CN(CC1CC1)c1nc2ccccc2cc1CCl. The third-order valence-electron chi connectivity index (χ3n) is 3.51. The van der Waals surface area contributed by atoms with Gasteiger partial charge in [-0.15, -0.1) is 11.6 Å². The van der Waals surface area contributed by atoms with Gasteiger partial charge in [-0.3, -0.25) is 0 Å². The van der Waals surface area contributed by atoms with Crippen LogP contribution >= 0.6 is 11.6 Å². The number of benzene rings is 1. The molecule has 1 aromatic carbocycles. The smallest absolute Gasteiger partial charge is 0.133 e. The van der Waals surface area contributed by atoms with Crippen LogP contribution in [0.1, 0.15) is 18.4 Å². The molecule has 1 saturated carbocycles. The molecule has 1 aliphatic rings. The molecule has 0 N–H and O–H groups in total. The third-order valence-corrected chi connectivity index (χ3v) is 3.80. The zero-order valence-electron chi connectivity index (χ0n) is 10.6. The molecule has 2 nitrogen and oxygen atoms in total. The average Bonchev–Trinajstić information content (AvgIpc) is 3.21. The van der Waals surface area contributed by atoms with E-state index < -0.39 is 0 Å². The number of para-hydroxylation sites is 1. The number of rotatable bonds is 4. The van der Waals surface area contributed by atoms with E-state index >= 15 is 0 Å². The molecule has 2 aromatic rings. The van der Waals surface area contributed by atoms with Crippen molar-refractivity contribution in [2.45, 2.75) is 18.7 Å². The maximum atomic E-state index is 6.06. The summed E-state index contributed by atoms with van der Waals surface area (Å²) in [5, 5.41) is 1.16. The van der Waals surface area contributed by atoms with Crippen LogP contribution in [-0.2, 0) is 5.88 Å². The van der Waals surface area contributed by atoms with Gasteiger partial charge in [-0.2, -0.15) is 0 Å². The second-order valence-corrected chi connectivity index (χ2v) is 5.39. The van der Waals surface area contributed by atoms with Crippen LogP contribution in [-0.4, -0.2) is 18.6 Å². The van der Waals surface area contributed by atoms with Crippen molar-refractivity contribution >= 4 is 28.3 Å². The van der Waals surface area contributed by atoms with Crippen LogP contribution in [0.25, 0.3) is 10.9 Å². The van der Waals surface area contributed by atoms with E-state index in [0.717, 1.165) is 34.7 Å². The molecule has 0 unspecified atom stereocenters. The van der Waals surface area contributed by atoms with Gasteiger partial charge in [0.2, 0.25) is 0 Å². The summed E-state index contributed by atoms with van der Waals surface area (Å²) in [6.45, 7) is 1.09. The molecule has 0 bridgehead atoms. The lowest BCUT2D eigenvalue weighted by molar-refractivity contribution is 0.776. The van der Waals surface area contributed by atoms with Crippen LogP contribution in [0.5, 0.6) is 0 Å². The molecule has 94 valence electrons. The summed E-state index contributed by atoms with van der Waals surface area (Å²) in [5.41, 5.74) is 2.17. The number of pyridine rings is 1. The minimum atomic E-state index is 0.516. The van der Waals surface area contributed by atoms with Gasteiger partial charge in [0.1, 0.15) is 5.82 Å². The molecule has 18 heavy (non-hydrogen) atoms. The first-order chi connectivity index (χ1) is 8.78. The largest absolute Gasteiger partial charge is 0.359 e. The third kappa shape index (κ3) is 2.30. The molecule has 0 amide bonds. The predicted octanol–water partition coefficient (Wildman–Crippen LogP) is 3.82. The van der Waals surface area contributed by atoms with Crippen LogP contribution in [0, 0.1) is 5.92 Å². The first-order valence-corrected chi connectivity index (χ1v) is 6.97. The van der Waals surface area contributed by atoms with Gasteiger partial charge in [0.05, 0.1) is 11.4 Å². The van der Waals surface area contributed by atoms with E-state index in [0.29, 0.717) is 5.88 Å². The van der Waals surface area contributed by atoms with Gasteiger partial charge < -0.3 is 4.90 Å². The Morgan fingerprint density at radius 3 is 2.83 bits per heavy atom. The molecule has 0 atom stereocenters. The van der Waals surface area contributed by atoms with E-state index in [-0.39, 0.29) is 0 Å². The summed E-state index contributed by atoms with van der Waals surface area (Å²) < 4.78 is 0. The lowest BCUT2D eigenvalue weighted by Crippen LogP contribution is -2.22. The second-order valence-electron chi connectivity index (χ2n) is 5.12. The lowest BCUT2D eigenvalue weighted by atomic mass is 10.1. The van der Waals surface area contributed by atoms with Crippen molar-refractivity contribution in [3.63, 3.8) is 0 Å². The van der Waals surface area contributed by atoms with Gasteiger partial charge >= 0.3 is 0 Å². The number of hydrogen-bond donors (Lipinski definition) is 0. The summed E-state index contributed by atoms with van der Waals surface area (Å²) in [6.07, 6.45) is 2.71. The van der Waals surface area contributed by atoms with E-state index in [9.17, 15) is 0 Å². The number of aromatic nitrogens is 1. The molecule has 0 saturated heterocycles. The molecule has 3 rings (SSSR count). The minimum Gasteiger partial charge on any atom is -0.359 e. The summed E-state index contributed by atoms with van der Waals surface area (Å²) in [7, 11) is 2.12. The number of nitrogens with zero attached hydrogens (tertiary/aromatic N) is 2. The van der Waals surface area contributed by atoms with Crippen molar-refractivity contribution < 1.29 is 0 Å². The number of fused-ring (bicyclic) bond motifs is 1. The van der Waals surface area contributed by atoms with Crippen LogP contribution < -0.4 is 4.90 Å². The molecule has 0 radical (unpaired) electrons. The molecule has 3 heteroatoms. The Balaban J connectivity index is 2.01. The van der Waals surface area contributed by atoms with Crippen molar-refractivity contribution in [2.75, 3.05) is 18.5 Å². The monoisotopic (exact) mass is 260 g/mol. The fourth-order valence-corrected chi connectivity index (χ4v) is 2.55. The van der Waals surface area contributed by atoms with Crippen molar-refractivity contribution in [1.29, 1.82) is 0 Å². The highest BCUT2D eigenvalue weighted by molar-refractivity contribution is 6.17. The second kappa shape index (κ2) is 4.77. The Kier molecular flexibility index (Phi) is 3.13. The van der Waals surface area contributed by atoms with Gasteiger partial charge in [0.15, 0.2) is 0 Å². The summed E-state index contributed by atoms with van der Waals surface area (Å²) in [5.74, 6) is 2.41. The van der Waals surface area contributed by atoms with Gasteiger partial charge in [-0.1, -0.05) is 18.2 Å². The number of hydrogen-bond acceptors (Lipinski definition) is 2. The number of anilines is 1. The standard InChI is InChI=1S/C15H17ClN2/c1-18(10-11-6-7-11)15-13(9-16)8-12-4-2-3-5-14(12)17-15/h2-5,8,11H,6-7,9-10H2,1H3. The highest BCUT2D eigenvalue weighted by Crippen LogP contribution is 2.32. The normalized spacial score (nSPS) is 15.0. The van der Waals surface area contributed by atoms with Gasteiger partial charge in [0, 0.05) is 24.5 Å². The first-order valence-electron chi connectivity index (χ1n) is 6.43. The zero-order valence-corrected chi connectivity index (χ0v) is 11.3. The molecule has 1 aromatic heterocycles. The molecule has 1 fully saturated rings. The van der Waals surface area contributed by atoms with Crippen LogP contribution in [0.2, 0.25) is 0 Å². The van der Waals surface area contributed by atoms with E-state index in [1.54, 1.807) is 0 Å². The Bertz CT molecular complexity index is 563. The average molecular weight is 261 g/mol. The van der Waals surface area contributed by atoms with Gasteiger partial charge in [-0.25, -0.2) is 4.98 Å². The van der Waals surface area contributed by atoms with Gasteiger partial charge in [-0.05, 0) is 30.9 Å². The fraction of sp³-hybridized carbons (Fsp3) is 0.400. The van der Waals surface area contributed by atoms with Crippen molar-refractivity contribution in [2.24, 2.45) is 5.92 Å². The molecule has 1 aliphatic carbocycles. The Morgan fingerprint density at radius 2 is 2.11 bits per heavy atom. The highest BCUT2D eigenvalue weighted by Gasteiger charge is 2.24. The summed E-state index contributed by atoms with van der Waals surface area (Å²) in [6, 6.07) is 10.4. The Hall–Kier alpha value is -1.28.